The number of methoxy groups -OCH3 is 1. The molecule has 0 aromatic heterocycles. The molecule has 0 radical (unpaired) electrons. The van der Waals surface area contributed by atoms with E-state index in [1.165, 1.54) is 24.3 Å². The van der Waals surface area contributed by atoms with Gasteiger partial charge in [0.1, 0.15) is 18.2 Å². The molecule has 1 aliphatic carbocycles. The first-order chi connectivity index (χ1) is 18.2. The Morgan fingerprint density at radius 2 is 1.82 bits per heavy atom. The Hall–Kier alpha value is -3.46. The lowest BCUT2D eigenvalue weighted by Gasteiger charge is -2.36. The zero-order chi connectivity index (χ0) is 27.4. The fourth-order valence-electron chi connectivity index (χ4n) is 4.69. The molecule has 3 atom stereocenters. The molecule has 9 heteroatoms. The molecule has 2 aromatic rings. The Kier molecular flexibility index (Phi) is 8.66. The molecule has 4 rings (SSSR count). The number of anilines is 1. The van der Waals surface area contributed by atoms with Crippen molar-refractivity contribution in [1.82, 2.24) is 9.80 Å². The van der Waals surface area contributed by atoms with Gasteiger partial charge in [0.05, 0.1) is 17.7 Å². The third kappa shape index (κ3) is 6.69. The molecule has 0 unspecified atom stereocenters. The maximum Gasteiger partial charge on any atom is 0.257 e. The van der Waals surface area contributed by atoms with Crippen LogP contribution >= 0.6 is 0 Å². The van der Waals surface area contributed by atoms with Crippen molar-refractivity contribution in [1.29, 1.82) is 0 Å². The van der Waals surface area contributed by atoms with Gasteiger partial charge in [-0.25, -0.2) is 4.39 Å². The molecule has 1 N–H and O–H groups in total. The Balaban J connectivity index is 1.61. The summed E-state index contributed by atoms with van der Waals surface area (Å²) in [5, 5.41) is 2.78. The van der Waals surface area contributed by atoms with Crippen molar-refractivity contribution in [2.75, 3.05) is 39.2 Å². The number of nitrogens with one attached hydrogen (secondary N) is 1. The van der Waals surface area contributed by atoms with Crippen LogP contribution in [0.4, 0.5) is 10.1 Å². The Morgan fingerprint density at radius 1 is 1.11 bits per heavy atom. The van der Waals surface area contributed by atoms with E-state index in [1.54, 1.807) is 37.3 Å². The van der Waals surface area contributed by atoms with E-state index in [9.17, 15) is 18.8 Å². The molecule has 2 aliphatic rings. The van der Waals surface area contributed by atoms with Gasteiger partial charge in [0.15, 0.2) is 0 Å². The van der Waals surface area contributed by atoms with Gasteiger partial charge in [-0.3, -0.25) is 14.4 Å². The van der Waals surface area contributed by atoms with Crippen LogP contribution in [-0.4, -0.2) is 73.5 Å². The quantitative estimate of drug-likeness (QED) is 0.632. The molecule has 3 amide bonds. The Morgan fingerprint density at radius 3 is 2.47 bits per heavy atom. The molecule has 1 aliphatic heterocycles. The van der Waals surface area contributed by atoms with E-state index in [-0.39, 0.29) is 36.5 Å². The van der Waals surface area contributed by atoms with Crippen molar-refractivity contribution in [2.24, 2.45) is 11.8 Å². The molecule has 1 saturated carbocycles. The lowest BCUT2D eigenvalue weighted by atomic mass is 10.0. The van der Waals surface area contributed by atoms with Crippen LogP contribution in [0.3, 0.4) is 0 Å². The normalized spacial score (nSPS) is 22.6. The van der Waals surface area contributed by atoms with Crippen molar-refractivity contribution < 1.29 is 28.2 Å². The number of nitrogens with zero attached hydrogens (tertiary/aromatic N) is 2. The molecule has 1 fully saturated rings. The fraction of sp³-hybridized carbons (Fsp3) is 0.483. The molecule has 38 heavy (non-hydrogen) atoms. The number of hydrogen-bond acceptors (Lipinski definition) is 5. The van der Waals surface area contributed by atoms with Gasteiger partial charge in [-0.15, -0.1) is 0 Å². The number of ether oxygens (including phenoxy) is 2. The van der Waals surface area contributed by atoms with Crippen molar-refractivity contribution in [3.63, 3.8) is 0 Å². The van der Waals surface area contributed by atoms with E-state index < -0.39 is 11.7 Å². The molecule has 2 aromatic carbocycles. The van der Waals surface area contributed by atoms with Crippen molar-refractivity contribution in [3.8, 4) is 5.75 Å². The predicted molar refractivity (Wildman–Crippen MR) is 142 cm³/mol. The average Bonchev–Trinajstić information content (AvgIpc) is 3.72. The minimum absolute atomic E-state index is 0.00352. The minimum Gasteiger partial charge on any atom is -0.491 e. The molecule has 0 spiro atoms. The molecule has 8 nitrogen and oxygen atoms in total. The van der Waals surface area contributed by atoms with Crippen molar-refractivity contribution in [2.45, 2.75) is 45.3 Å². The summed E-state index contributed by atoms with van der Waals surface area (Å²) in [5.74, 6) is -0.202. The lowest BCUT2D eigenvalue weighted by Crippen LogP contribution is -2.48. The number of rotatable bonds is 5. The lowest BCUT2D eigenvalue weighted by molar-refractivity contribution is -0.135. The third-order valence-electron chi connectivity index (χ3n) is 7.29. The zero-order valence-corrected chi connectivity index (χ0v) is 22.4. The summed E-state index contributed by atoms with van der Waals surface area (Å²) in [6, 6.07) is 9.85. The van der Waals surface area contributed by atoms with Crippen LogP contribution in [0.2, 0.25) is 0 Å². The molecular formula is C29H36FN3O5. The van der Waals surface area contributed by atoms with Gasteiger partial charge in [-0.1, -0.05) is 6.92 Å². The molecule has 0 bridgehead atoms. The van der Waals surface area contributed by atoms with Gasteiger partial charge in [0.25, 0.3) is 11.8 Å². The van der Waals surface area contributed by atoms with Crippen LogP contribution in [0.15, 0.2) is 42.5 Å². The monoisotopic (exact) mass is 525 g/mol. The predicted octanol–water partition coefficient (Wildman–Crippen LogP) is 4.21. The van der Waals surface area contributed by atoms with E-state index in [2.05, 4.69) is 5.32 Å². The summed E-state index contributed by atoms with van der Waals surface area (Å²) in [6.07, 6.45) is 2.45. The third-order valence-corrected chi connectivity index (χ3v) is 7.29. The highest BCUT2D eigenvalue weighted by Gasteiger charge is 2.33. The van der Waals surface area contributed by atoms with Gasteiger partial charge in [0, 0.05) is 56.9 Å². The van der Waals surface area contributed by atoms with Gasteiger partial charge in [0.2, 0.25) is 5.91 Å². The smallest absolute Gasteiger partial charge is 0.257 e. The SMILES string of the molecule is CO[C@H]1CN(C)C(=O)c2ccc(NC(=O)c3ccc(F)cc3)cc2OC[C@@H](C)N(C(=O)CC2CC2)C[C@H]1C. The van der Waals surface area contributed by atoms with Crippen LogP contribution < -0.4 is 10.1 Å². The maximum absolute atomic E-state index is 13.4. The number of amides is 3. The van der Waals surface area contributed by atoms with Crippen molar-refractivity contribution in [3.05, 3.63) is 59.4 Å². The highest BCUT2D eigenvalue weighted by molar-refractivity contribution is 6.05. The topological polar surface area (TPSA) is 88.2 Å². The summed E-state index contributed by atoms with van der Waals surface area (Å²) >= 11 is 0. The largest absolute Gasteiger partial charge is 0.491 e. The van der Waals surface area contributed by atoms with Gasteiger partial charge in [-0.2, -0.15) is 0 Å². The molecule has 204 valence electrons. The maximum atomic E-state index is 13.4. The van der Waals surface area contributed by atoms with E-state index in [0.717, 1.165) is 12.8 Å². The second kappa shape index (κ2) is 11.9. The van der Waals surface area contributed by atoms with E-state index in [1.807, 2.05) is 18.7 Å². The van der Waals surface area contributed by atoms with Gasteiger partial charge in [-0.05, 0) is 62.1 Å². The van der Waals surface area contributed by atoms with Gasteiger partial charge < -0.3 is 24.6 Å². The fourth-order valence-corrected chi connectivity index (χ4v) is 4.69. The standard InChI is InChI=1S/C29H36FN3O5/c1-18-15-33(27(34)13-20-5-6-20)19(2)17-38-25-14-23(31-28(35)21-7-9-22(30)10-8-21)11-12-24(25)29(36)32(3)16-26(18)37-4/h7-12,14,18-20,26H,5-6,13,15-17H2,1-4H3,(H,31,35)/t18-,19-,26+/m1/s1. The summed E-state index contributed by atoms with van der Waals surface area (Å²) in [5.41, 5.74) is 1.07. The second-order valence-corrected chi connectivity index (χ2v) is 10.5. The average molecular weight is 526 g/mol. The number of carbonyl (C=O) groups is 3. The molecular weight excluding hydrogens is 489 g/mol. The Labute approximate surface area is 223 Å². The highest BCUT2D eigenvalue weighted by Crippen LogP contribution is 2.33. The van der Waals surface area contributed by atoms with Crippen LogP contribution in [0.25, 0.3) is 0 Å². The van der Waals surface area contributed by atoms with E-state index in [4.69, 9.17) is 9.47 Å². The molecule has 1 heterocycles. The first-order valence-corrected chi connectivity index (χ1v) is 13.1. The van der Waals surface area contributed by atoms with Crippen LogP contribution in [0.5, 0.6) is 5.75 Å². The summed E-state index contributed by atoms with van der Waals surface area (Å²) < 4.78 is 25.1. The number of halogens is 1. The highest BCUT2D eigenvalue weighted by atomic mass is 19.1. The van der Waals surface area contributed by atoms with Crippen LogP contribution in [0.1, 0.15) is 53.8 Å². The first-order valence-electron chi connectivity index (χ1n) is 13.1. The number of benzene rings is 2. The van der Waals surface area contributed by atoms with Crippen LogP contribution in [-0.2, 0) is 9.53 Å². The van der Waals surface area contributed by atoms with Gasteiger partial charge >= 0.3 is 0 Å². The number of carbonyl (C=O) groups excluding carboxylic acids is 3. The van der Waals surface area contributed by atoms with Crippen LogP contribution in [0, 0.1) is 17.7 Å². The Bertz CT molecular complexity index is 1170. The molecule has 0 saturated heterocycles. The van der Waals surface area contributed by atoms with Crippen molar-refractivity contribution >= 4 is 23.4 Å². The zero-order valence-electron chi connectivity index (χ0n) is 22.4. The van der Waals surface area contributed by atoms with E-state index >= 15 is 0 Å². The minimum atomic E-state index is -0.429. The number of likely N-dealkylation sites (N-methyl/N-ethyl adjacent to an activating group) is 1. The first kappa shape index (κ1) is 27.6. The summed E-state index contributed by atoms with van der Waals surface area (Å²) in [7, 11) is 3.33. The number of fused-ring (bicyclic) bond motifs is 1. The second-order valence-electron chi connectivity index (χ2n) is 10.5. The number of hydrogen-bond donors (Lipinski definition) is 1. The summed E-state index contributed by atoms with van der Waals surface area (Å²) in [6.45, 7) is 5.00. The van der Waals surface area contributed by atoms with E-state index in [0.29, 0.717) is 48.0 Å². The summed E-state index contributed by atoms with van der Waals surface area (Å²) in [4.78, 5) is 42.7.